The Hall–Kier alpha value is -2.02. The van der Waals surface area contributed by atoms with Crippen LogP contribution in [0.1, 0.15) is 31.4 Å². The number of nitrogens with one attached hydrogen (secondary N) is 1. The van der Waals surface area contributed by atoms with E-state index in [-0.39, 0.29) is 29.7 Å². The Labute approximate surface area is 133 Å². The molecule has 1 aromatic carbocycles. The van der Waals surface area contributed by atoms with E-state index in [4.69, 9.17) is 5.73 Å². The van der Waals surface area contributed by atoms with Crippen LogP contribution in [0.5, 0.6) is 0 Å². The summed E-state index contributed by atoms with van der Waals surface area (Å²) in [5.41, 5.74) is 5.71. The van der Waals surface area contributed by atoms with Gasteiger partial charge in [0, 0.05) is 31.6 Å². The van der Waals surface area contributed by atoms with Crippen molar-refractivity contribution in [2.45, 2.75) is 25.8 Å². The highest BCUT2D eigenvalue weighted by atomic mass is 19.1. The van der Waals surface area contributed by atoms with Gasteiger partial charge < -0.3 is 16.0 Å². The monoisotopic (exact) mass is 325 g/mol. The smallest absolute Gasteiger partial charge is 0.225 e. The molecule has 126 valence electrons. The number of amides is 2. The number of likely N-dealkylation sites (tertiary alicyclic amines) is 1. The Balaban J connectivity index is 2.12. The van der Waals surface area contributed by atoms with Gasteiger partial charge in [0.25, 0.3) is 0 Å². The quantitative estimate of drug-likeness (QED) is 0.858. The van der Waals surface area contributed by atoms with E-state index >= 15 is 0 Å². The van der Waals surface area contributed by atoms with Crippen LogP contribution >= 0.6 is 0 Å². The van der Waals surface area contributed by atoms with Gasteiger partial charge in [-0.1, -0.05) is 6.07 Å². The summed E-state index contributed by atoms with van der Waals surface area (Å²) in [6.07, 6.45) is 0.775. The van der Waals surface area contributed by atoms with Crippen molar-refractivity contribution in [1.82, 2.24) is 10.2 Å². The highest BCUT2D eigenvalue weighted by Crippen LogP contribution is 2.24. The van der Waals surface area contributed by atoms with Crippen LogP contribution in [0.4, 0.5) is 8.78 Å². The predicted molar refractivity (Wildman–Crippen MR) is 81.3 cm³/mol. The van der Waals surface area contributed by atoms with Crippen molar-refractivity contribution in [3.05, 3.63) is 35.4 Å². The van der Waals surface area contributed by atoms with Gasteiger partial charge in [0.1, 0.15) is 11.6 Å². The zero-order valence-electron chi connectivity index (χ0n) is 13.0. The van der Waals surface area contributed by atoms with Crippen LogP contribution in [0.3, 0.4) is 0 Å². The number of benzene rings is 1. The first-order valence-corrected chi connectivity index (χ1v) is 7.60. The standard InChI is InChI=1S/C16H21F2N3O2/c1-10(22)20-15(13-3-2-12(17)6-14(13)18)7-16(23)21-5-4-11(8-19)9-21/h2-3,6,11,15H,4-5,7-9,19H2,1H3,(H,20,22). The number of rotatable bonds is 5. The fraction of sp³-hybridized carbons (Fsp3) is 0.500. The number of carbonyl (C=O) groups excluding carboxylic acids is 2. The molecule has 0 radical (unpaired) electrons. The second-order valence-corrected chi connectivity index (χ2v) is 5.85. The Morgan fingerprint density at radius 1 is 1.43 bits per heavy atom. The van der Waals surface area contributed by atoms with Crippen LogP contribution in [-0.2, 0) is 9.59 Å². The number of halogens is 2. The first-order valence-electron chi connectivity index (χ1n) is 7.60. The molecule has 5 nitrogen and oxygen atoms in total. The molecule has 23 heavy (non-hydrogen) atoms. The summed E-state index contributed by atoms with van der Waals surface area (Å²) in [7, 11) is 0. The zero-order valence-corrected chi connectivity index (χ0v) is 13.0. The van der Waals surface area contributed by atoms with Gasteiger partial charge in [0.15, 0.2) is 0 Å². The molecule has 0 aliphatic carbocycles. The summed E-state index contributed by atoms with van der Waals surface area (Å²) in [5.74, 6) is -1.76. The molecule has 1 aromatic rings. The number of nitrogens with two attached hydrogens (primary N) is 1. The van der Waals surface area contributed by atoms with E-state index in [0.29, 0.717) is 19.6 Å². The van der Waals surface area contributed by atoms with Crippen LogP contribution in [0.2, 0.25) is 0 Å². The van der Waals surface area contributed by atoms with E-state index in [9.17, 15) is 18.4 Å². The van der Waals surface area contributed by atoms with Gasteiger partial charge in [-0.05, 0) is 24.9 Å². The molecule has 7 heteroatoms. The molecular formula is C16H21F2N3O2. The van der Waals surface area contributed by atoms with Crippen molar-refractivity contribution in [2.24, 2.45) is 11.7 Å². The van der Waals surface area contributed by atoms with Gasteiger partial charge in [0.05, 0.1) is 12.5 Å². The molecule has 1 saturated heterocycles. The molecule has 2 rings (SSSR count). The van der Waals surface area contributed by atoms with E-state index in [0.717, 1.165) is 18.6 Å². The van der Waals surface area contributed by atoms with E-state index < -0.39 is 17.7 Å². The highest BCUT2D eigenvalue weighted by molar-refractivity contribution is 5.79. The number of hydrogen-bond acceptors (Lipinski definition) is 3. The molecule has 3 N–H and O–H groups in total. The largest absolute Gasteiger partial charge is 0.349 e. The molecule has 1 aliphatic rings. The minimum Gasteiger partial charge on any atom is -0.349 e. The third kappa shape index (κ3) is 4.48. The highest BCUT2D eigenvalue weighted by Gasteiger charge is 2.28. The van der Waals surface area contributed by atoms with Crippen LogP contribution in [0.25, 0.3) is 0 Å². The summed E-state index contributed by atoms with van der Waals surface area (Å²) in [6, 6.07) is 2.29. The summed E-state index contributed by atoms with van der Waals surface area (Å²) in [6.45, 7) is 3.00. The first kappa shape index (κ1) is 17.3. The van der Waals surface area contributed by atoms with E-state index in [2.05, 4.69) is 5.32 Å². The molecule has 1 fully saturated rings. The van der Waals surface area contributed by atoms with Gasteiger partial charge in [-0.25, -0.2) is 8.78 Å². The van der Waals surface area contributed by atoms with Crippen LogP contribution in [0.15, 0.2) is 18.2 Å². The van der Waals surface area contributed by atoms with E-state index in [1.54, 1.807) is 4.90 Å². The van der Waals surface area contributed by atoms with E-state index in [1.807, 2.05) is 0 Å². The maximum atomic E-state index is 14.0. The fourth-order valence-electron chi connectivity index (χ4n) is 2.82. The lowest BCUT2D eigenvalue weighted by molar-refractivity contribution is -0.131. The molecule has 0 bridgehead atoms. The predicted octanol–water partition coefficient (Wildman–Crippen LogP) is 1.34. The summed E-state index contributed by atoms with van der Waals surface area (Å²) < 4.78 is 27.0. The molecule has 1 heterocycles. The van der Waals surface area contributed by atoms with Crippen molar-refractivity contribution in [3.8, 4) is 0 Å². The number of nitrogens with zero attached hydrogens (tertiary/aromatic N) is 1. The Morgan fingerprint density at radius 3 is 2.74 bits per heavy atom. The molecule has 1 aliphatic heterocycles. The van der Waals surface area contributed by atoms with Gasteiger partial charge in [-0.15, -0.1) is 0 Å². The fourth-order valence-corrected chi connectivity index (χ4v) is 2.82. The van der Waals surface area contributed by atoms with Crippen LogP contribution in [-0.4, -0.2) is 36.3 Å². The molecule has 0 spiro atoms. The van der Waals surface area contributed by atoms with Crippen molar-refractivity contribution in [2.75, 3.05) is 19.6 Å². The average Bonchev–Trinajstić information content (AvgIpc) is 2.95. The topological polar surface area (TPSA) is 75.4 Å². The molecule has 0 saturated carbocycles. The van der Waals surface area contributed by atoms with Gasteiger partial charge in [-0.3, -0.25) is 9.59 Å². The average molecular weight is 325 g/mol. The van der Waals surface area contributed by atoms with Gasteiger partial charge in [0.2, 0.25) is 11.8 Å². The Morgan fingerprint density at radius 2 is 2.17 bits per heavy atom. The maximum Gasteiger partial charge on any atom is 0.225 e. The second-order valence-electron chi connectivity index (χ2n) is 5.85. The van der Waals surface area contributed by atoms with Crippen molar-refractivity contribution in [3.63, 3.8) is 0 Å². The lowest BCUT2D eigenvalue weighted by Crippen LogP contribution is -2.35. The molecular weight excluding hydrogens is 304 g/mol. The van der Waals surface area contributed by atoms with Crippen LogP contribution < -0.4 is 11.1 Å². The van der Waals surface area contributed by atoms with Gasteiger partial charge in [-0.2, -0.15) is 0 Å². The summed E-state index contributed by atoms with van der Waals surface area (Å²) >= 11 is 0. The van der Waals surface area contributed by atoms with Crippen molar-refractivity contribution in [1.29, 1.82) is 0 Å². The number of carbonyl (C=O) groups is 2. The first-order chi connectivity index (χ1) is 10.9. The maximum absolute atomic E-state index is 14.0. The third-order valence-electron chi connectivity index (χ3n) is 4.07. The zero-order chi connectivity index (χ0) is 17.0. The lowest BCUT2D eigenvalue weighted by Gasteiger charge is -2.22. The second kappa shape index (κ2) is 7.50. The minimum atomic E-state index is -0.822. The molecule has 0 aromatic heterocycles. The Bertz CT molecular complexity index is 595. The number of hydrogen-bond donors (Lipinski definition) is 2. The van der Waals surface area contributed by atoms with E-state index in [1.165, 1.54) is 13.0 Å². The lowest BCUT2D eigenvalue weighted by atomic mass is 10.0. The molecule has 2 atom stereocenters. The third-order valence-corrected chi connectivity index (χ3v) is 4.07. The molecule has 2 amide bonds. The van der Waals surface area contributed by atoms with Gasteiger partial charge >= 0.3 is 0 Å². The van der Waals surface area contributed by atoms with Crippen LogP contribution in [0, 0.1) is 17.6 Å². The summed E-state index contributed by atoms with van der Waals surface area (Å²) in [5, 5.41) is 2.56. The normalized spacial score (nSPS) is 18.8. The Kier molecular flexibility index (Phi) is 5.65. The minimum absolute atomic E-state index is 0.0700. The summed E-state index contributed by atoms with van der Waals surface area (Å²) in [4.78, 5) is 25.4. The SMILES string of the molecule is CC(=O)NC(CC(=O)N1CCC(CN)C1)c1ccc(F)cc1F. The van der Waals surface area contributed by atoms with Crippen molar-refractivity contribution < 1.29 is 18.4 Å². The molecule has 2 unspecified atom stereocenters. The van der Waals surface area contributed by atoms with Crippen molar-refractivity contribution >= 4 is 11.8 Å².